The summed E-state index contributed by atoms with van der Waals surface area (Å²) in [7, 11) is 0. The first-order valence-electron chi connectivity index (χ1n) is 8.12. The summed E-state index contributed by atoms with van der Waals surface area (Å²) < 4.78 is 13.5. The molecule has 0 bridgehead atoms. The Labute approximate surface area is 140 Å². The van der Waals surface area contributed by atoms with Gasteiger partial charge in [-0.3, -0.25) is 4.98 Å². The van der Waals surface area contributed by atoms with E-state index < -0.39 is 0 Å². The predicted octanol–water partition coefficient (Wildman–Crippen LogP) is 3.03. The molecular formula is C19H19N3O2. The third-order valence-electron chi connectivity index (χ3n) is 4.12. The Morgan fingerprint density at radius 1 is 1.00 bits per heavy atom. The van der Waals surface area contributed by atoms with E-state index in [1.807, 2.05) is 49.1 Å². The Bertz CT molecular complexity index is 781. The van der Waals surface area contributed by atoms with Gasteiger partial charge in [-0.25, -0.2) is 4.98 Å². The highest BCUT2D eigenvalue weighted by atomic mass is 16.6. The zero-order chi connectivity index (χ0) is 16.2. The molecule has 1 aliphatic rings. The molecule has 1 saturated heterocycles. The summed E-state index contributed by atoms with van der Waals surface area (Å²) in [5.41, 5.74) is 4.25. The smallest absolute Gasteiger partial charge is 0.0988 e. The van der Waals surface area contributed by atoms with Crippen LogP contribution in [0.15, 0.2) is 61.2 Å². The van der Waals surface area contributed by atoms with Crippen molar-refractivity contribution in [1.82, 2.24) is 14.5 Å². The van der Waals surface area contributed by atoms with E-state index in [9.17, 15) is 0 Å². The average Bonchev–Trinajstić information content (AvgIpc) is 3.07. The molecule has 0 N–H and O–H groups in total. The van der Waals surface area contributed by atoms with Gasteiger partial charge < -0.3 is 14.0 Å². The number of rotatable bonds is 4. The van der Waals surface area contributed by atoms with Crippen molar-refractivity contribution in [2.24, 2.45) is 0 Å². The Kier molecular flexibility index (Phi) is 4.36. The molecule has 0 spiro atoms. The minimum absolute atomic E-state index is 0.0529. The summed E-state index contributed by atoms with van der Waals surface area (Å²) in [6.45, 7) is 2.66. The Morgan fingerprint density at radius 3 is 2.58 bits per heavy atom. The first-order valence-corrected chi connectivity index (χ1v) is 8.12. The van der Waals surface area contributed by atoms with Crippen LogP contribution in [0.25, 0.3) is 22.5 Å². The summed E-state index contributed by atoms with van der Waals surface area (Å²) >= 11 is 0. The van der Waals surface area contributed by atoms with Crippen LogP contribution >= 0.6 is 0 Å². The SMILES string of the molecule is c1ccc(-c2ncn(CC3COCCO3)c2-c2ccncc2)cc1. The van der Waals surface area contributed by atoms with Crippen molar-refractivity contribution in [3.8, 4) is 22.5 Å². The molecule has 24 heavy (non-hydrogen) atoms. The highest BCUT2D eigenvalue weighted by Gasteiger charge is 2.20. The predicted molar refractivity (Wildman–Crippen MR) is 91.5 cm³/mol. The monoisotopic (exact) mass is 321 g/mol. The standard InChI is InChI=1S/C19H19N3O2/c1-2-4-15(5-3-1)18-19(16-6-8-20-9-7-16)22(14-21-18)12-17-13-23-10-11-24-17/h1-9,14,17H,10-13H2. The fraction of sp³-hybridized carbons (Fsp3) is 0.263. The molecule has 4 rings (SSSR count). The van der Waals surface area contributed by atoms with Crippen LogP contribution in [0.3, 0.4) is 0 Å². The minimum Gasteiger partial charge on any atom is -0.376 e. The summed E-state index contributed by atoms with van der Waals surface area (Å²) in [5.74, 6) is 0. The van der Waals surface area contributed by atoms with Crippen molar-refractivity contribution in [3.05, 3.63) is 61.2 Å². The van der Waals surface area contributed by atoms with E-state index in [4.69, 9.17) is 9.47 Å². The second-order valence-corrected chi connectivity index (χ2v) is 5.76. The van der Waals surface area contributed by atoms with Crippen LogP contribution in [0.1, 0.15) is 0 Å². The van der Waals surface area contributed by atoms with Gasteiger partial charge >= 0.3 is 0 Å². The lowest BCUT2D eigenvalue weighted by Crippen LogP contribution is -2.32. The number of benzene rings is 1. The van der Waals surface area contributed by atoms with Gasteiger partial charge in [0.2, 0.25) is 0 Å². The Morgan fingerprint density at radius 2 is 1.83 bits per heavy atom. The van der Waals surface area contributed by atoms with Gasteiger partial charge in [-0.2, -0.15) is 0 Å². The lowest BCUT2D eigenvalue weighted by atomic mass is 10.1. The van der Waals surface area contributed by atoms with Crippen LogP contribution in [-0.2, 0) is 16.0 Å². The molecule has 1 aliphatic heterocycles. The zero-order valence-corrected chi connectivity index (χ0v) is 13.3. The van der Waals surface area contributed by atoms with Crippen LogP contribution in [-0.4, -0.2) is 40.5 Å². The average molecular weight is 321 g/mol. The van der Waals surface area contributed by atoms with Crippen molar-refractivity contribution < 1.29 is 9.47 Å². The molecule has 0 aliphatic carbocycles. The molecule has 1 unspecified atom stereocenters. The lowest BCUT2D eigenvalue weighted by Gasteiger charge is -2.24. The summed E-state index contributed by atoms with van der Waals surface area (Å²) in [6, 6.07) is 14.3. The normalized spacial score (nSPS) is 17.8. The van der Waals surface area contributed by atoms with Gasteiger partial charge in [0.05, 0.1) is 50.2 Å². The maximum Gasteiger partial charge on any atom is 0.0988 e. The lowest BCUT2D eigenvalue weighted by molar-refractivity contribution is -0.0934. The summed E-state index contributed by atoms with van der Waals surface area (Å²) in [6.07, 6.45) is 5.55. The van der Waals surface area contributed by atoms with Gasteiger partial charge in [0.15, 0.2) is 0 Å². The van der Waals surface area contributed by atoms with Crippen LogP contribution in [0.2, 0.25) is 0 Å². The Hall–Kier alpha value is -2.50. The molecular weight excluding hydrogens is 302 g/mol. The van der Waals surface area contributed by atoms with E-state index in [1.54, 1.807) is 0 Å². The second kappa shape index (κ2) is 6.95. The third kappa shape index (κ3) is 3.09. The van der Waals surface area contributed by atoms with E-state index in [-0.39, 0.29) is 6.10 Å². The second-order valence-electron chi connectivity index (χ2n) is 5.76. The number of nitrogens with zero attached hydrogens (tertiary/aromatic N) is 3. The van der Waals surface area contributed by atoms with E-state index in [0.717, 1.165) is 29.1 Å². The molecule has 1 aromatic carbocycles. The summed E-state index contributed by atoms with van der Waals surface area (Å²) in [4.78, 5) is 8.80. The van der Waals surface area contributed by atoms with Crippen molar-refractivity contribution in [1.29, 1.82) is 0 Å². The largest absolute Gasteiger partial charge is 0.376 e. The van der Waals surface area contributed by atoms with Crippen LogP contribution in [0.5, 0.6) is 0 Å². The molecule has 3 heterocycles. The van der Waals surface area contributed by atoms with Gasteiger partial charge in [0.25, 0.3) is 0 Å². The Balaban J connectivity index is 1.75. The molecule has 0 amide bonds. The van der Waals surface area contributed by atoms with Gasteiger partial charge in [-0.15, -0.1) is 0 Å². The fourth-order valence-electron chi connectivity index (χ4n) is 3.00. The number of hydrogen-bond acceptors (Lipinski definition) is 4. The van der Waals surface area contributed by atoms with Gasteiger partial charge in [0, 0.05) is 23.5 Å². The van der Waals surface area contributed by atoms with Crippen molar-refractivity contribution in [2.75, 3.05) is 19.8 Å². The van der Waals surface area contributed by atoms with Gasteiger partial charge in [-0.1, -0.05) is 30.3 Å². The molecule has 2 aromatic heterocycles. The maximum atomic E-state index is 5.80. The van der Waals surface area contributed by atoms with Crippen LogP contribution in [0, 0.1) is 0 Å². The van der Waals surface area contributed by atoms with E-state index >= 15 is 0 Å². The van der Waals surface area contributed by atoms with E-state index in [0.29, 0.717) is 19.8 Å². The summed E-state index contributed by atoms with van der Waals surface area (Å²) in [5, 5.41) is 0. The maximum absolute atomic E-state index is 5.80. The number of ether oxygens (including phenoxy) is 2. The van der Waals surface area contributed by atoms with Crippen LogP contribution in [0.4, 0.5) is 0 Å². The number of aromatic nitrogens is 3. The number of pyridine rings is 1. The van der Waals surface area contributed by atoms with Gasteiger partial charge in [-0.05, 0) is 12.1 Å². The molecule has 0 radical (unpaired) electrons. The molecule has 3 aromatic rings. The van der Waals surface area contributed by atoms with Gasteiger partial charge in [0.1, 0.15) is 0 Å². The van der Waals surface area contributed by atoms with Crippen LogP contribution < -0.4 is 0 Å². The highest BCUT2D eigenvalue weighted by molar-refractivity contribution is 5.78. The zero-order valence-electron chi connectivity index (χ0n) is 13.3. The highest BCUT2D eigenvalue weighted by Crippen LogP contribution is 2.31. The first kappa shape index (κ1) is 15.1. The van der Waals surface area contributed by atoms with E-state index in [1.165, 1.54) is 0 Å². The topological polar surface area (TPSA) is 49.2 Å². The number of imidazole rings is 1. The molecule has 122 valence electrons. The molecule has 1 fully saturated rings. The van der Waals surface area contributed by atoms with Crippen molar-refractivity contribution >= 4 is 0 Å². The molecule has 5 nitrogen and oxygen atoms in total. The van der Waals surface area contributed by atoms with E-state index in [2.05, 4.69) is 26.7 Å². The number of hydrogen-bond donors (Lipinski definition) is 0. The third-order valence-corrected chi connectivity index (χ3v) is 4.12. The van der Waals surface area contributed by atoms with Crippen molar-refractivity contribution in [3.63, 3.8) is 0 Å². The minimum atomic E-state index is 0.0529. The quantitative estimate of drug-likeness (QED) is 0.741. The fourth-order valence-corrected chi connectivity index (χ4v) is 3.00. The first-order chi connectivity index (χ1) is 11.9. The molecule has 0 saturated carbocycles. The molecule has 5 heteroatoms. The molecule has 1 atom stereocenters. The van der Waals surface area contributed by atoms with Crippen molar-refractivity contribution in [2.45, 2.75) is 12.6 Å².